The summed E-state index contributed by atoms with van der Waals surface area (Å²) in [5.74, 6) is -3.38. The maximum Gasteiger partial charge on any atom is 0.326 e. The van der Waals surface area contributed by atoms with Gasteiger partial charge in [0.15, 0.2) is 0 Å². The summed E-state index contributed by atoms with van der Waals surface area (Å²) in [5.41, 5.74) is 5.21. The van der Waals surface area contributed by atoms with E-state index >= 15 is 0 Å². The molecule has 0 saturated heterocycles. The average molecular weight is 391 g/mol. The lowest BCUT2D eigenvalue weighted by molar-refractivity contribution is -0.144. The third-order valence-electron chi connectivity index (χ3n) is 4.04. The fourth-order valence-electron chi connectivity index (χ4n) is 2.16. The Kier molecular flexibility index (Phi) is 10.9. The Balaban J connectivity index is 5.16. The molecule has 0 fully saturated rings. The van der Waals surface area contributed by atoms with E-state index in [1.165, 1.54) is 0 Å². The largest absolute Gasteiger partial charge is 0.480 e. The van der Waals surface area contributed by atoms with Crippen LogP contribution < -0.4 is 21.7 Å². The van der Waals surface area contributed by atoms with E-state index in [2.05, 4.69) is 28.6 Å². The fraction of sp³-hybridized carbons (Fsp3) is 0.750. The second-order valence-corrected chi connectivity index (χ2v) is 6.81. The van der Waals surface area contributed by atoms with E-state index in [4.69, 9.17) is 5.73 Å². The summed E-state index contributed by atoms with van der Waals surface area (Å²) < 4.78 is 0. The van der Waals surface area contributed by atoms with Crippen LogP contribution in [0.4, 0.5) is 0 Å². The van der Waals surface area contributed by atoms with E-state index in [-0.39, 0.29) is 24.1 Å². The molecule has 0 radical (unpaired) electrons. The quantitative estimate of drug-likeness (QED) is 0.252. The highest BCUT2D eigenvalue weighted by atomic mass is 32.1. The van der Waals surface area contributed by atoms with Gasteiger partial charge in [0, 0.05) is 5.75 Å². The molecule has 0 heterocycles. The number of carbonyl (C=O) groups excluding carboxylic acids is 3. The first-order valence-corrected chi connectivity index (χ1v) is 9.15. The number of carboxylic acid groups (broad SMARTS) is 1. The molecule has 9 nitrogen and oxygen atoms in total. The van der Waals surface area contributed by atoms with Crippen LogP contribution in [0.2, 0.25) is 0 Å². The molecule has 0 aromatic carbocycles. The number of carbonyl (C=O) groups is 4. The van der Waals surface area contributed by atoms with E-state index in [9.17, 15) is 24.3 Å². The number of amides is 3. The Morgan fingerprint density at radius 1 is 1.00 bits per heavy atom. The van der Waals surface area contributed by atoms with E-state index in [1.807, 2.05) is 6.92 Å². The molecular formula is C16H30N4O5S. The Morgan fingerprint density at radius 3 is 1.92 bits per heavy atom. The summed E-state index contributed by atoms with van der Waals surface area (Å²) in [5, 5.41) is 16.7. The second kappa shape index (κ2) is 11.7. The molecule has 0 bridgehead atoms. The van der Waals surface area contributed by atoms with Gasteiger partial charge >= 0.3 is 5.97 Å². The van der Waals surface area contributed by atoms with Gasteiger partial charge in [-0.25, -0.2) is 4.79 Å². The molecule has 0 aliphatic heterocycles. The zero-order chi connectivity index (χ0) is 20.4. The van der Waals surface area contributed by atoms with Gasteiger partial charge in [0.1, 0.15) is 18.1 Å². The first kappa shape index (κ1) is 24.2. The third kappa shape index (κ3) is 7.61. The van der Waals surface area contributed by atoms with Crippen molar-refractivity contribution < 1.29 is 24.3 Å². The lowest BCUT2D eigenvalue weighted by Gasteiger charge is -2.27. The van der Waals surface area contributed by atoms with Crippen LogP contribution in [-0.2, 0) is 19.2 Å². The Morgan fingerprint density at radius 2 is 1.54 bits per heavy atom. The molecule has 6 N–H and O–H groups in total. The van der Waals surface area contributed by atoms with Crippen molar-refractivity contribution in [2.24, 2.45) is 17.6 Å². The Labute approximate surface area is 159 Å². The summed E-state index contributed by atoms with van der Waals surface area (Å²) in [7, 11) is 0. The fourth-order valence-corrected chi connectivity index (χ4v) is 2.42. The zero-order valence-corrected chi connectivity index (χ0v) is 16.5. The van der Waals surface area contributed by atoms with Crippen LogP contribution >= 0.6 is 12.6 Å². The van der Waals surface area contributed by atoms with E-state index < -0.39 is 41.8 Å². The summed E-state index contributed by atoms with van der Waals surface area (Å²) in [4.78, 5) is 47.6. The van der Waals surface area contributed by atoms with E-state index in [0.717, 1.165) is 0 Å². The van der Waals surface area contributed by atoms with Gasteiger partial charge < -0.3 is 26.8 Å². The molecule has 4 atom stereocenters. The SMILES string of the molecule is CCC(C)C(NC(=O)C(NC(=O)C(CS)NC(=O)CN)C(C)C)C(=O)O. The lowest BCUT2D eigenvalue weighted by Crippen LogP contribution is -2.58. The van der Waals surface area contributed by atoms with Gasteiger partial charge in [0.2, 0.25) is 17.7 Å². The first-order chi connectivity index (χ1) is 12.1. The van der Waals surface area contributed by atoms with E-state index in [1.54, 1.807) is 20.8 Å². The van der Waals surface area contributed by atoms with Crippen LogP contribution in [0.3, 0.4) is 0 Å². The molecule has 150 valence electrons. The van der Waals surface area contributed by atoms with Crippen molar-refractivity contribution >= 4 is 36.3 Å². The van der Waals surface area contributed by atoms with Crippen molar-refractivity contribution in [3.05, 3.63) is 0 Å². The highest BCUT2D eigenvalue weighted by Gasteiger charge is 2.32. The van der Waals surface area contributed by atoms with Crippen LogP contribution in [0.1, 0.15) is 34.1 Å². The van der Waals surface area contributed by atoms with Gasteiger partial charge in [0.05, 0.1) is 6.54 Å². The minimum absolute atomic E-state index is 0.0224. The third-order valence-corrected chi connectivity index (χ3v) is 4.41. The molecule has 3 amide bonds. The minimum Gasteiger partial charge on any atom is -0.480 e. The Hall–Kier alpha value is -1.81. The van der Waals surface area contributed by atoms with Crippen LogP contribution in [0.15, 0.2) is 0 Å². The summed E-state index contributed by atoms with van der Waals surface area (Å²) >= 11 is 4.02. The van der Waals surface area contributed by atoms with Gasteiger partial charge in [-0.15, -0.1) is 0 Å². The van der Waals surface area contributed by atoms with Gasteiger partial charge in [0.25, 0.3) is 0 Å². The van der Waals surface area contributed by atoms with Crippen molar-refractivity contribution in [3.63, 3.8) is 0 Å². The lowest BCUT2D eigenvalue weighted by atomic mass is 9.97. The van der Waals surface area contributed by atoms with E-state index in [0.29, 0.717) is 6.42 Å². The van der Waals surface area contributed by atoms with Crippen molar-refractivity contribution in [2.75, 3.05) is 12.3 Å². The number of hydrogen-bond acceptors (Lipinski definition) is 6. The molecule has 10 heteroatoms. The molecule has 0 aromatic heterocycles. The molecule has 4 unspecified atom stereocenters. The zero-order valence-electron chi connectivity index (χ0n) is 15.6. The first-order valence-electron chi connectivity index (χ1n) is 8.52. The summed E-state index contributed by atoms with van der Waals surface area (Å²) in [6, 6.07) is -2.96. The number of hydrogen-bond donors (Lipinski definition) is 6. The molecule has 0 aliphatic carbocycles. The van der Waals surface area contributed by atoms with Crippen molar-refractivity contribution in [1.82, 2.24) is 16.0 Å². The van der Waals surface area contributed by atoms with Gasteiger partial charge in [-0.05, 0) is 11.8 Å². The number of rotatable bonds is 11. The molecule has 0 aliphatic rings. The second-order valence-electron chi connectivity index (χ2n) is 6.45. The number of aliphatic carboxylic acids is 1. The maximum absolute atomic E-state index is 12.5. The van der Waals surface area contributed by atoms with Gasteiger partial charge in [-0.1, -0.05) is 34.1 Å². The van der Waals surface area contributed by atoms with Crippen LogP contribution in [0.5, 0.6) is 0 Å². The molecule has 0 saturated carbocycles. The number of carboxylic acids is 1. The maximum atomic E-state index is 12.5. The normalized spacial score (nSPS) is 15.5. The predicted molar refractivity (Wildman–Crippen MR) is 101 cm³/mol. The van der Waals surface area contributed by atoms with Crippen molar-refractivity contribution in [2.45, 2.75) is 52.2 Å². The molecular weight excluding hydrogens is 360 g/mol. The molecule has 26 heavy (non-hydrogen) atoms. The van der Waals surface area contributed by atoms with Gasteiger partial charge in [-0.3, -0.25) is 14.4 Å². The topological polar surface area (TPSA) is 151 Å². The number of thiol groups is 1. The molecule has 0 spiro atoms. The molecule has 0 aromatic rings. The van der Waals surface area contributed by atoms with Crippen LogP contribution in [0.25, 0.3) is 0 Å². The average Bonchev–Trinajstić information content (AvgIpc) is 2.59. The molecule has 0 rings (SSSR count). The smallest absolute Gasteiger partial charge is 0.326 e. The van der Waals surface area contributed by atoms with Crippen LogP contribution in [0, 0.1) is 11.8 Å². The summed E-state index contributed by atoms with van der Waals surface area (Å²) in [6.07, 6.45) is 0.572. The summed E-state index contributed by atoms with van der Waals surface area (Å²) in [6.45, 7) is 6.71. The number of nitrogens with one attached hydrogen (secondary N) is 3. The monoisotopic (exact) mass is 390 g/mol. The highest BCUT2D eigenvalue weighted by molar-refractivity contribution is 7.80. The highest BCUT2D eigenvalue weighted by Crippen LogP contribution is 2.10. The van der Waals surface area contributed by atoms with Crippen LogP contribution in [-0.4, -0.2) is 59.2 Å². The number of nitrogens with two attached hydrogens (primary N) is 1. The van der Waals surface area contributed by atoms with Gasteiger partial charge in [-0.2, -0.15) is 12.6 Å². The Bertz CT molecular complexity index is 515. The van der Waals surface area contributed by atoms with Crippen molar-refractivity contribution in [3.8, 4) is 0 Å². The van der Waals surface area contributed by atoms with Crippen molar-refractivity contribution in [1.29, 1.82) is 0 Å². The minimum atomic E-state index is -1.13. The standard InChI is InChI=1S/C16H30N4O5S/c1-5-9(4)13(16(24)25)20-15(23)12(8(2)3)19-14(22)10(7-26)18-11(21)6-17/h8-10,12-13,26H,5-7,17H2,1-4H3,(H,18,21)(H,19,22)(H,20,23)(H,24,25). The predicted octanol–water partition coefficient (Wildman–Crippen LogP) is -0.884.